The molecular formula is C17H29NO2. The van der Waals surface area contributed by atoms with Crippen molar-refractivity contribution in [3.63, 3.8) is 0 Å². The van der Waals surface area contributed by atoms with Crippen LogP contribution in [0.5, 0.6) is 5.75 Å². The van der Waals surface area contributed by atoms with Crippen molar-refractivity contribution in [3.8, 4) is 5.75 Å². The van der Waals surface area contributed by atoms with Gasteiger partial charge in [-0.15, -0.1) is 0 Å². The summed E-state index contributed by atoms with van der Waals surface area (Å²) in [6.07, 6.45) is 0.203. The van der Waals surface area contributed by atoms with Crippen molar-refractivity contribution in [2.45, 2.75) is 59.3 Å². The predicted molar refractivity (Wildman–Crippen MR) is 84.3 cm³/mol. The number of hydrogen-bond acceptors (Lipinski definition) is 3. The highest BCUT2D eigenvalue weighted by molar-refractivity contribution is 5.29. The molecule has 0 aliphatic carbocycles. The highest BCUT2D eigenvalue weighted by atomic mass is 16.5. The van der Waals surface area contributed by atoms with Gasteiger partial charge in [-0.1, -0.05) is 19.1 Å². The summed E-state index contributed by atoms with van der Waals surface area (Å²) >= 11 is 0. The van der Waals surface area contributed by atoms with E-state index >= 15 is 0 Å². The van der Waals surface area contributed by atoms with Crippen LogP contribution in [0.4, 0.5) is 0 Å². The minimum atomic E-state index is -0.117. The first-order valence-corrected chi connectivity index (χ1v) is 7.45. The van der Waals surface area contributed by atoms with E-state index in [1.807, 2.05) is 26.0 Å². The summed E-state index contributed by atoms with van der Waals surface area (Å²) in [5.41, 5.74) is 1.11. The summed E-state index contributed by atoms with van der Waals surface area (Å²) in [6.45, 7) is 14.0. The molecule has 1 rings (SSSR count). The molecule has 3 heteroatoms. The molecule has 0 spiro atoms. The maximum absolute atomic E-state index is 5.90. The molecule has 114 valence electrons. The zero-order valence-corrected chi connectivity index (χ0v) is 13.7. The Balaban J connectivity index is 2.71. The average molecular weight is 279 g/mol. The topological polar surface area (TPSA) is 30.5 Å². The largest absolute Gasteiger partial charge is 0.491 e. The van der Waals surface area contributed by atoms with Crippen molar-refractivity contribution in [1.82, 2.24) is 5.32 Å². The minimum absolute atomic E-state index is 0.117. The second-order valence-electron chi connectivity index (χ2n) is 6.27. The molecule has 0 saturated carbocycles. The second-order valence-corrected chi connectivity index (χ2v) is 6.27. The molecule has 0 bridgehead atoms. The van der Waals surface area contributed by atoms with E-state index in [0.29, 0.717) is 6.61 Å². The fourth-order valence-electron chi connectivity index (χ4n) is 1.90. The number of nitrogens with one attached hydrogen (secondary N) is 1. The average Bonchev–Trinajstić information content (AvgIpc) is 2.34. The lowest BCUT2D eigenvalue weighted by Gasteiger charge is -2.25. The van der Waals surface area contributed by atoms with E-state index in [1.54, 1.807) is 0 Å². The standard InChI is InChI=1S/C17H29NO2/c1-7-18-16(12-19-17(4,5)6)14-8-10-15(11-9-14)20-13(2)3/h8-11,13,16,18H,7,12H2,1-6H3. The van der Waals surface area contributed by atoms with Crippen LogP contribution in [0.25, 0.3) is 0 Å². The smallest absolute Gasteiger partial charge is 0.119 e. The van der Waals surface area contributed by atoms with Gasteiger partial charge >= 0.3 is 0 Å². The van der Waals surface area contributed by atoms with Crippen LogP contribution >= 0.6 is 0 Å². The number of rotatable bonds is 7. The van der Waals surface area contributed by atoms with E-state index in [0.717, 1.165) is 12.3 Å². The summed E-state index contributed by atoms with van der Waals surface area (Å²) in [7, 11) is 0. The van der Waals surface area contributed by atoms with Crippen LogP contribution in [-0.2, 0) is 4.74 Å². The summed E-state index contributed by atoms with van der Waals surface area (Å²) in [6, 6.07) is 8.48. The molecular weight excluding hydrogens is 250 g/mol. The van der Waals surface area contributed by atoms with Crippen molar-refractivity contribution in [2.24, 2.45) is 0 Å². The molecule has 1 aromatic carbocycles. The SMILES string of the molecule is CCNC(COC(C)(C)C)c1ccc(OC(C)C)cc1. The molecule has 20 heavy (non-hydrogen) atoms. The van der Waals surface area contributed by atoms with Gasteiger partial charge in [0.2, 0.25) is 0 Å². The monoisotopic (exact) mass is 279 g/mol. The molecule has 1 unspecified atom stereocenters. The Morgan fingerprint density at radius 2 is 1.70 bits per heavy atom. The first kappa shape index (κ1) is 17.0. The van der Waals surface area contributed by atoms with Crippen LogP contribution in [0.3, 0.4) is 0 Å². The Kier molecular flexibility index (Phi) is 6.50. The van der Waals surface area contributed by atoms with E-state index in [2.05, 4.69) is 45.1 Å². The molecule has 3 nitrogen and oxygen atoms in total. The third-order valence-electron chi connectivity index (χ3n) is 2.79. The van der Waals surface area contributed by atoms with Gasteiger partial charge in [0.1, 0.15) is 5.75 Å². The molecule has 0 amide bonds. The summed E-state index contributed by atoms with van der Waals surface area (Å²) in [4.78, 5) is 0. The molecule has 0 aliphatic heterocycles. The van der Waals surface area contributed by atoms with Crippen molar-refractivity contribution in [3.05, 3.63) is 29.8 Å². The van der Waals surface area contributed by atoms with Crippen LogP contribution in [0, 0.1) is 0 Å². The quantitative estimate of drug-likeness (QED) is 0.820. The van der Waals surface area contributed by atoms with Gasteiger partial charge in [-0.25, -0.2) is 0 Å². The van der Waals surface area contributed by atoms with Gasteiger partial charge in [-0.2, -0.15) is 0 Å². The van der Waals surface area contributed by atoms with Gasteiger partial charge in [0.05, 0.1) is 24.4 Å². The van der Waals surface area contributed by atoms with Crippen molar-refractivity contribution >= 4 is 0 Å². The van der Waals surface area contributed by atoms with Crippen LogP contribution in [0.2, 0.25) is 0 Å². The van der Waals surface area contributed by atoms with E-state index in [-0.39, 0.29) is 17.7 Å². The van der Waals surface area contributed by atoms with Crippen LogP contribution in [-0.4, -0.2) is 24.9 Å². The number of likely N-dealkylation sites (N-methyl/N-ethyl adjacent to an activating group) is 1. The lowest BCUT2D eigenvalue weighted by Crippen LogP contribution is -2.30. The van der Waals surface area contributed by atoms with Gasteiger partial charge in [0, 0.05) is 0 Å². The zero-order valence-electron chi connectivity index (χ0n) is 13.7. The minimum Gasteiger partial charge on any atom is -0.491 e. The fraction of sp³-hybridized carbons (Fsp3) is 0.647. The van der Waals surface area contributed by atoms with Crippen LogP contribution < -0.4 is 10.1 Å². The van der Waals surface area contributed by atoms with Gasteiger partial charge in [0.15, 0.2) is 0 Å². The van der Waals surface area contributed by atoms with E-state index in [1.165, 1.54) is 5.56 Å². The highest BCUT2D eigenvalue weighted by Gasteiger charge is 2.16. The Morgan fingerprint density at radius 1 is 1.10 bits per heavy atom. The van der Waals surface area contributed by atoms with Gasteiger partial charge in [0.25, 0.3) is 0 Å². The van der Waals surface area contributed by atoms with Gasteiger partial charge in [-0.05, 0) is 58.9 Å². The molecule has 0 saturated heterocycles. The molecule has 0 heterocycles. The zero-order chi connectivity index (χ0) is 15.2. The molecule has 0 radical (unpaired) electrons. The Labute approximate surface area is 123 Å². The van der Waals surface area contributed by atoms with Crippen molar-refractivity contribution in [2.75, 3.05) is 13.2 Å². The van der Waals surface area contributed by atoms with Gasteiger partial charge < -0.3 is 14.8 Å². The number of hydrogen-bond donors (Lipinski definition) is 1. The molecule has 1 N–H and O–H groups in total. The lowest BCUT2D eigenvalue weighted by atomic mass is 10.1. The maximum atomic E-state index is 5.90. The molecule has 0 aromatic heterocycles. The van der Waals surface area contributed by atoms with Gasteiger partial charge in [-0.3, -0.25) is 0 Å². The van der Waals surface area contributed by atoms with Crippen molar-refractivity contribution in [1.29, 1.82) is 0 Å². The van der Waals surface area contributed by atoms with Crippen LogP contribution in [0.1, 0.15) is 53.1 Å². The Hall–Kier alpha value is -1.06. The molecule has 1 aromatic rings. The summed E-state index contributed by atoms with van der Waals surface area (Å²) in [5, 5.41) is 3.47. The predicted octanol–water partition coefficient (Wildman–Crippen LogP) is 3.94. The third kappa shape index (κ3) is 6.40. The number of ether oxygens (including phenoxy) is 2. The fourth-order valence-corrected chi connectivity index (χ4v) is 1.90. The van der Waals surface area contributed by atoms with Crippen molar-refractivity contribution < 1.29 is 9.47 Å². The Morgan fingerprint density at radius 3 is 2.15 bits per heavy atom. The summed E-state index contributed by atoms with van der Waals surface area (Å²) < 4.78 is 11.6. The molecule has 0 fully saturated rings. The molecule has 1 atom stereocenters. The molecule has 0 aliphatic rings. The van der Waals surface area contributed by atoms with E-state index in [9.17, 15) is 0 Å². The normalized spacial score (nSPS) is 13.6. The maximum Gasteiger partial charge on any atom is 0.119 e. The summed E-state index contributed by atoms with van der Waals surface area (Å²) in [5.74, 6) is 0.913. The first-order chi connectivity index (χ1) is 9.31. The highest BCUT2D eigenvalue weighted by Crippen LogP contribution is 2.21. The first-order valence-electron chi connectivity index (χ1n) is 7.45. The van der Waals surface area contributed by atoms with Crippen LogP contribution in [0.15, 0.2) is 24.3 Å². The lowest BCUT2D eigenvalue weighted by molar-refractivity contribution is -0.0146. The van der Waals surface area contributed by atoms with E-state index in [4.69, 9.17) is 9.47 Å². The Bertz CT molecular complexity index is 379. The third-order valence-corrected chi connectivity index (χ3v) is 2.79. The second kappa shape index (κ2) is 7.65. The number of benzene rings is 1. The van der Waals surface area contributed by atoms with E-state index < -0.39 is 0 Å².